The highest BCUT2D eigenvalue weighted by molar-refractivity contribution is 7.99. The number of ether oxygens (including phenoxy) is 2. The van der Waals surface area contributed by atoms with Gasteiger partial charge in [0.25, 0.3) is 0 Å². The maximum absolute atomic E-state index is 12.6. The molecule has 0 saturated carbocycles. The molecule has 1 aliphatic carbocycles. The first-order valence-electron chi connectivity index (χ1n) is 12.9. The first-order chi connectivity index (χ1) is 17.9. The molecule has 38 heavy (non-hydrogen) atoms. The Hall–Kier alpha value is -3.20. The van der Waals surface area contributed by atoms with Crippen LogP contribution in [0.2, 0.25) is 0 Å². The van der Waals surface area contributed by atoms with Gasteiger partial charge in [0.1, 0.15) is 18.2 Å². The Morgan fingerprint density at radius 1 is 0.921 bits per heavy atom. The van der Waals surface area contributed by atoms with Gasteiger partial charge in [0.05, 0.1) is 0 Å². The van der Waals surface area contributed by atoms with Gasteiger partial charge in [0.2, 0.25) is 0 Å². The van der Waals surface area contributed by atoms with Gasteiger partial charge in [-0.15, -0.1) is 0 Å². The predicted molar refractivity (Wildman–Crippen MR) is 150 cm³/mol. The number of amides is 2. The molecule has 3 N–H and O–H groups in total. The third kappa shape index (κ3) is 8.41. The second-order valence-corrected chi connectivity index (χ2v) is 11.9. The molecular weight excluding hydrogens is 504 g/mol. The highest BCUT2D eigenvalue weighted by Crippen LogP contribution is 2.44. The van der Waals surface area contributed by atoms with Crippen molar-refractivity contribution in [2.45, 2.75) is 64.6 Å². The van der Waals surface area contributed by atoms with Gasteiger partial charge in [0.15, 0.2) is 0 Å². The van der Waals surface area contributed by atoms with E-state index in [0.29, 0.717) is 18.1 Å². The van der Waals surface area contributed by atoms with E-state index < -0.39 is 29.8 Å². The second kappa shape index (κ2) is 13.0. The fourth-order valence-corrected chi connectivity index (χ4v) is 5.60. The van der Waals surface area contributed by atoms with Crippen LogP contribution in [0.4, 0.5) is 9.59 Å². The molecule has 0 saturated heterocycles. The van der Waals surface area contributed by atoms with Gasteiger partial charge >= 0.3 is 18.2 Å². The maximum atomic E-state index is 12.6. The van der Waals surface area contributed by atoms with Crippen LogP contribution in [0, 0.1) is 5.92 Å². The van der Waals surface area contributed by atoms with Crippen LogP contribution in [0.3, 0.4) is 0 Å². The van der Waals surface area contributed by atoms with E-state index in [1.54, 1.807) is 20.8 Å². The summed E-state index contributed by atoms with van der Waals surface area (Å²) in [6.07, 6.45) is -0.565. The second-order valence-electron chi connectivity index (χ2n) is 10.9. The Labute approximate surface area is 228 Å². The summed E-state index contributed by atoms with van der Waals surface area (Å²) in [5, 5.41) is 15.0. The van der Waals surface area contributed by atoms with Crippen molar-refractivity contribution in [3.8, 4) is 11.1 Å². The molecule has 2 aromatic rings. The molecule has 0 heterocycles. The normalized spacial score (nSPS) is 14.3. The van der Waals surface area contributed by atoms with E-state index in [1.807, 2.05) is 50.2 Å². The first-order valence-corrected chi connectivity index (χ1v) is 14.0. The quantitative estimate of drug-likeness (QED) is 0.336. The fourth-order valence-electron chi connectivity index (χ4n) is 4.50. The number of benzene rings is 2. The third-order valence-electron chi connectivity index (χ3n) is 6.01. The molecule has 2 aromatic carbocycles. The van der Waals surface area contributed by atoms with Gasteiger partial charge < -0.3 is 25.2 Å². The third-order valence-corrected chi connectivity index (χ3v) is 7.22. The Balaban J connectivity index is 1.53. The number of aliphatic carboxylic acids is 1. The largest absolute Gasteiger partial charge is 0.480 e. The van der Waals surface area contributed by atoms with Crippen LogP contribution >= 0.6 is 11.8 Å². The number of carbonyl (C=O) groups is 3. The minimum absolute atomic E-state index is 0.107. The van der Waals surface area contributed by atoms with Crippen molar-refractivity contribution in [1.82, 2.24) is 10.6 Å². The van der Waals surface area contributed by atoms with E-state index in [1.165, 1.54) is 11.8 Å². The molecule has 0 aliphatic heterocycles. The summed E-state index contributed by atoms with van der Waals surface area (Å²) in [5.74, 6) is -0.324. The molecule has 2 amide bonds. The average molecular weight is 543 g/mol. The number of carbonyl (C=O) groups excluding carboxylic acids is 2. The van der Waals surface area contributed by atoms with Crippen molar-refractivity contribution >= 4 is 29.9 Å². The fraction of sp³-hybridized carbons (Fsp3) is 0.483. The van der Waals surface area contributed by atoms with Crippen LogP contribution in [0.15, 0.2) is 48.5 Å². The summed E-state index contributed by atoms with van der Waals surface area (Å²) in [5.41, 5.74) is 3.79. The number of carboxylic acids is 1. The Bertz CT molecular complexity index is 1080. The molecule has 8 nitrogen and oxygen atoms in total. The summed E-state index contributed by atoms with van der Waals surface area (Å²) >= 11 is 1.35. The zero-order valence-electron chi connectivity index (χ0n) is 22.7. The molecule has 0 fully saturated rings. The van der Waals surface area contributed by atoms with Gasteiger partial charge in [-0.3, -0.25) is 0 Å². The molecule has 0 aromatic heterocycles. The van der Waals surface area contributed by atoms with Crippen molar-refractivity contribution in [2.24, 2.45) is 5.92 Å². The van der Waals surface area contributed by atoms with E-state index in [9.17, 15) is 19.5 Å². The highest BCUT2D eigenvalue weighted by Gasteiger charge is 2.30. The molecule has 0 bridgehead atoms. The lowest BCUT2D eigenvalue weighted by atomic mass is 9.98. The van der Waals surface area contributed by atoms with Crippen molar-refractivity contribution in [1.29, 1.82) is 0 Å². The van der Waals surface area contributed by atoms with E-state index in [-0.39, 0.29) is 24.3 Å². The maximum Gasteiger partial charge on any atom is 0.407 e. The number of hydrogen-bond donors (Lipinski definition) is 3. The van der Waals surface area contributed by atoms with E-state index in [0.717, 1.165) is 22.3 Å². The summed E-state index contributed by atoms with van der Waals surface area (Å²) in [6, 6.07) is 14.7. The Morgan fingerprint density at radius 3 is 2.03 bits per heavy atom. The summed E-state index contributed by atoms with van der Waals surface area (Å²) in [7, 11) is 0. The SMILES string of the molecule is CC(C)C[C@@H](CSC[C@H](NC(=O)OCC1c2ccccc2-c2ccccc21)C(=O)O)NC(=O)OC(C)(C)C. The average Bonchev–Trinajstić information content (AvgIpc) is 3.14. The van der Waals surface area contributed by atoms with Crippen LogP contribution in [0.5, 0.6) is 0 Å². The standard InChI is InChI=1S/C29H38N2O6S/c1-18(2)14-19(30-28(35)37-29(3,4)5)16-38-17-25(26(32)33)31-27(34)36-15-24-22-12-8-6-10-20(22)21-11-7-9-13-23(21)24/h6-13,18-19,24-25H,14-17H2,1-5H3,(H,30,35)(H,31,34)(H,32,33)/t19-,25-/m0/s1. The Kier molecular flexibility index (Phi) is 10.1. The number of alkyl carbamates (subject to hydrolysis) is 2. The van der Waals surface area contributed by atoms with Crippen molar-refractivity contribution < 1.29 is 29.0 Å². The predicted octanol–water partition coefficient (Wildman–Crippen LogP) is 5.65. The van der Waals surface area contributed by atoms with Gasteiger partial charge in [0, 0.05) is 23.5 Å². The lowest BCUT2D eigenvalue weighted by Crippen LogP contribution is -2.44. The van der Waals surface area contributed by atoms with Crippen molar-refractivity contribution in [3.05, 3.63) is 59.7 Å². The van der Waals surface area contributed by atoms with Crippen LogP contribution in [0.25, 0.3) is 11.1 Å². The molecule has 2 atom stereocenters. The molecule has 0 radical (unpaired) electrons. The molecule has 0 spiro atoms. The molecular formula is C29H38N2O6S. The molecule has 1 aliphatic rings. The zero-order chi connectivity index (χ0) is 27.9. The van der Waals surface area contributed by atoms with E-state index >= 15 is 0 Å². The summed E-state index contributed by atoms with van der Waals surface area (Å²) < 4.78 is 10.9. The minimum Gasteiger partial charge on any atom is -0.480 e. The number of fused-ring (bicyclic) bond motifs is 3. The van der Waals surface area contributed by atoms with Crippen LogP contribution < -0.4 is 10.6 Å². The topological polar surface area (TPSA) is 114 Å². The van der Waals surface area contributed by atoms with Gasteiger partial charge in [-0.1, -0.05) is 62.4 Å². The van der Waals surface area contributed by atoms with Crippen LogP contribution in [-0.2, 0) is 14.3 Å². The Morgan fingerprint density at radius 2 is 1.50 bits per heavy atom. The molecule has 0 unspecified atom stereocenters. The van der Waals surface area contributed by atoms with E-state index in [4.69, 9.17) is 9.47 Å². The number of nitrogens with one attached hydrogen (secondary N) is 2. The van der Waals surface area contributed by atoms with E-state index in [2.05, 4.69) is 22.8 Å². The van der Waals surface area contributed by atoms with Gasteiger partial charge in [-0.25, -0.2) is 14.4 Å². The number of hydrogen-bond acceptors (Lipinski definition) is 6. The number of rotatable bonds is 11. The molecule has 206 valence electrons. The van der Waals surface area contributed by atoms with Gasteiger partial charge in [-0.05, 0) is 55.4 Å². The van der Waals surface area contributed by atoms with Gasteiger partial charge in [-0.2, -0.15) is 11.8 Å². The number of carboxylic acid groups (broad SMARTS) is 1. The van der Waals surface area contributed by atoms with Crippen molar-refractivity contribution in [3.63, 3.8) is 0 Å². The number of thioether (sulfide) groups is 1. The molecule has 3 rings (SSSR count). The lowest BCUT2D eigenvalue weighted by Gasteiger charge is -2.25. The van der Waals surface area contributed by atoms with Crippen molar-refractivity contribution in [2.75, 3.05) is 18.1 Å². The minimum atomic E-state index is -1.15. The van der Waals surface area contributed by atoms with Crippen LogP contribution in [0.1, 0.15) is 58.1 Å². The highest BCUT2D eigenvalue weighted by atomic mass is 32.2. The lowest BCUT2D eigenvalue weighted by molar-refractivity contribution is -0.138. The summed E-state index contributed by atoms with van der Waals surface area (Å²) in [4.78, 5) is 36.6. The monoisotopic (exact) mass is 542 g/mol. The van der Waals surface area contributed by atoms with Crippen LogP contribution in [-0.4, -0.2) is 59.1 Å². The smallest absolute Gasteiger partial charge is 0.407 e. The summed E-state index contributed by atoms with van der Waals surface area (Å²) in [6.45, 7) is 9.59. The zero-order valence-corrected chi connectivity index (χ0v) is 23.5. The first kappa shape index (κ1) is 29.4. The molecule has 9 heteroatoms.